The average molecular weight is 280 g/mol. The first kappa shape index (κ1) is 14.8. The molecule has 1 heterocycles. The molecule has 1 saturated heterocycles. The first-order valence-corrected chi connectivity index (χ1v) is 8.81. The van der Waals surface area contributed by atoms with Gasteiger partial charge in [-0.25, -0.2) is 0 Å². The summed E-state index contributed by atoms with van der Waals surface area (Å²) in [7, 11) is 2.31. The molecule has 4 atom stereocenters. The third-order valence-electron chi connectivity index (χ3n) is 5.53. The Hall–Kier alpha value is -0.120. The predicted molar refractivity (Wildman–Crippen MR) is 83.0 cm³/mol. The fraction of sp³-hybridized carbons (Fsp3) is 1.00. The lowest BCUT2D eigenvalue weighted by atomic mass is 9.85. The molecular weight excluding hydrogens is 248 g/mol. The average Bonchev–Trinajstić information content (AvgIpc) is 3.17. The van der Waals surface area contributed by atoms with Crippen LogP contribution in [0.5, 0.6) is 0 Å². The van der Waals surface area contributed by atoms with E-state index in [1.165, 1.54) is 51.4 Å². The number of ether oxygens (including phenoxy) is 1. The summed E-state index contributed by atoms with van der Waals surface area (Å²) in [5.41, 5.74) is 0. The van der Waals surface area contributed by atoms with Gasteiger partial charge in [0.1, 0.15) is 0 Å². The highest BCUT2D eigenvalue weighted by Gasteiger charge is 2.31. The van der Waals surface area contributed by atoms with Crippen molar-refractivity contribution in [3.8, 4) is 0 Å². The lowest BCUT2D eigenvalue weighted by Crippen LogP contribution is -2.43. The molecule has 3 heteroatoms. The van der Waals surface area contributed by atoms with Crippen LogP contribution in [-0.2, 0) is 4.74 Å². The van der Waals surface area contributed by atoms with E-state index >= 15 is 0 Å². The van der Waals surface area contributed by atoms with Crippen molar-refractivity contribution >= 4 is 0 Å². The molecule has 0 spiro atoms. The maximum atomic E-state index is 6.23. The minimum Gasteiger partial charge on any atom is -0.372 e. The van der Waals surface area contributed by atoms with Crippen LogP contribution in [0.15, 0.2) is 0 Å². The minimum absolute atomic E-state index is 0.470. The largest absolute Gasteiger partial charge is 0.372 e. The highest BCUT2D eigenvalue weighted by atomic mass is 16.5. The second-order valence-corrected chi connectivity index (χ2v) is 7.41. The zero-order chi connectivity index (χ0) is 13.9. The maximum Gasteiger partial charge on any atom is 0.0707 e. The summed E-state index contributed by atoms with van der Waals surface area (Å²) < 4.78 is 6.23. The molecule has 0 bridgehead atoms. The van der Waals surface area contributed by atoms with Crippen LogP contribution in [0.2, 0.25) is 0 Å². The topological polar surface area (TPSA) is 24.5 Å². The van der Waals surface area contributed by atoms with Gasteiger partial charge in [0, 0.05) is 25.2 Å². The van der Waals surface area contributed by atoms with Crippen LogP contribution in [0.25, 0.3) is 0 Å². The highest BCUT2D eigenvalue weighted by Crippen LogP contribution is 2.29. The van der Waals surface area contributed by atoms with E-state index < -0.39 is 0 Å². The number of likely N-dealkylation sites (N-methyl/N-ethyl adjacent to an activating group) is 1. The molecule has 3 fully saturated rings. The number of nitrogens with zero attached hydrogens (tertiary/aromatic N) is 1. The van der Waals surface area contributed by atoms with Crippen LogP contribution in [0.4, 0.5) is 0 Å². The molecule has 0 aromatic rings. The van der Waals surface area contributed by atoms with Gasteiger partial charge in [0.05, 0.1) is 12.2 Å². The summed E-state index contributed by atoms with van der Waals surface area (Å²) in [5.74, 6) is 0.863. The summed E-state index contributed by atoms with van der Waals surface area (Å²) in [6, 6.07) is 1.60. The zero-order valence-corrected chi connectivity index (χ0v) is 13.3. The normalized spacial score (nSPS) is 38.5. The van der Waals surface area contributed by atoms with Crippen LogP contribution >= 0.6 is 0 Å². The first-order valence-electron chi connectivity index (χ1n) is 8.81. The lowest BCUT2D eigenvalue weighted by Gasteiger charge is -2.37. The molecule has 2 saturated carbocycles. The van der Waals surface area contributed by atoms with E-state index in [1.807, 2.05) is 0 Å². The van der Waals surface area contributed by atoms with Gasteiger partial charge in [-0.1, -0.05) is 19.8 Å². The SMILES string of the molecule is CC1CCCCC1N(C)CC1CCC(CNC2CC2)O1. The van der Waals surface area contributed by atoms with E-state index in [0.717, 1.165) is 31.1 Å². The van der Waals surface area contributed by atoms with E-state index in [2.05, 4.69) is 24.2 Å². The molecule has 0 aromatic heterocycles. The molecule has 4 unspecified atom stereocenters. The summed E-state index contributed by atoms with van der Waals surface area (Å²) in [6.07, 6.45) is 11.8. The molecule has 3 aliphatic rings. The fourth-order valence-corrected chi connectivity index (χ4v) is 4.06. The Balaban J connectivity index is 1.38. The van der Waals surface area contributed by atoms with Crippen LogP contribution in [0.3, 0.4) is 0 Å². The van der Waals surface area contributed by atoms with Gasteiger partial charge in [0.15, 0.2) is 0 Å². The van der Waals surface area contributed by atoms with Crippen molar-refractivity contribution in [1.82, 2.24) is 10.2 Å². The van der Waals surface area contributed by atoms with Gasteiger partial charge in [0.25, 0.3) is 0 Å². The van der Waals surface area contributed by atoms with Crippen molar-refractivity contribution in [2.24, 2.45) is 5.92 Å². The molecule has 0 aromatic carbocycles. The van der Waals surface area contributed by atoms with Crippen molar-refractivity contribution in [3.05, 3.63) is 0 Å². The molecule has 1 aliphatic heterocycles. The molecule has 0 amide bonds. The molecule has 0 radical (unpaired) electrons. The van der Waals surface area contributed by atoms with Crippen LogP contribution in [0.1, 0.15) is 58.3 Å². The van der Waals surface area contributed by atoms with E-state index in [-0.39, 0.29) is 0 Å². The van der Waals surface area contributed by atoms with E-state index in [0.29, 0.717) is 12.2 Å². The molecular formula is C17H32N2O. The highest BCUT2D eigenvalue weighted by molar-refractivity contribution is 4.86. The number of hydrogen-bond donors (Lipinski definition) is 1. The Kier molecular flexibility index (Phi) is 5.00. The molecule has 1 N–H and O–H groups in total. The fourth-order valence-electron chi connectivity index (χ4n) is 4.06. The summed E-state index contributed by atoms with van der Waals surface area (Å²) in [4.78, 5) is 2.59. The molecule has 116 valence electrons. The van der Waals surface area contributed by atoms with E-state index in [9.17, 15) is 0 Å². The van der Waals surface area contributed by atoms with Crippen LogP contribution in [0, 0.1) is 5.92 Å². The van der Waals surface area contributed by atoms with E-state index in [1.54, 1.807) is 0 Å². The van der Waals surface area contributed by atoms with Gasteiger partial charge in [0.2, 0.25) is 0 Å². The smallest absolute Gasteiger partial charge is 0.0707 e. The van der Waals surface area contributed by atoms with Crippen molar-refractivity contribution < 1.29 is 4.74 Å². The van der Waals surface area contributed by atoms with E-state index in [4.69, 9.17) is 4.74 Å². The number of nitrogens with one attached hydrogen (secondary N) is 1. The Labute approximate surface area is 124 Å². The van der Waals surface area contributed by atoms with Gasteiger partial charge in [-0.15, -0.1) is 0 Å². The quantitative estimate of drug-likeness (QED) is 0.810. The molecule has 20 heavy (non-hydrogen) atoms. The monoisotopic (exact) mass is 280 g/mol. The van der Waals surface area contributed by atoms with Crippen molar-refractivity contribution in [1.29, 1.82) is 0 Å². The Bertz CT molecular complexity index is 305. The van der Waals surface area contributed by atoms with Crippen molar-refractivity contribution in [3.63, 3.8) is 0 Å². The van der Waals surface area contributed by atoms with Gasteiger partial charge in [-0.3, -0.25) is 0 Å². The Morgan fingerprint density at radius 1 is 1.00 bits per heavy atom. The standard InChI is InChI=1S/C17H32N2O/c1-13-5-3-4-6-17(13)19(2)12-16-10-9-15(20-16)11-18-14-7-8-14/h13-18H,3-12H2,1-2H3. The molecule has 2 aliphatic carbocycles. The van der Waals surface area contributed by atoms with Crippen LogP contribution < -0.4 is 5.32 Å². The maximum absolute atomic E-state index is 6.23. The number of hydrogen-bond acceptors (Lipinski definition) is 3. The third-order valence-corrected chi connectivity index (χ3v) is 5.53. The minimum atomic E-state index is 0.470. The Morgan fingerprint density at radius 2 is 1.75 bits per heavy atom. The van der Waals surface area contributed by atoms with Gasteiger partial charge in [-0.2, -0.15) is 0 Å². The summed E-state index contributed by atoms with van der Waals surface area (Å²) in [5, 5.41) is 3.60. The summed E-state index contributed by atoms with van der Waals surface area (Å²) in [6.45, 7) is 4.64. The van der Waals surface area contributed by atoms with Crippen molar-refractivity contribution in [2.75, 3.05) is 20.1 Å². The summed E-state index contributed by atoms with van der Waals surface area (Å²) >= 11 is 0. The predicted octanol–water partition coefficient (Wildman–Crippen LogP) is 2.80. The van der Waals surface area contributed by atoms with Gasteiger partial charge in [-0.05, 0) is 51.5 Å². The second kappa shape index (κ2) is 6.76. The third kappa shape index (κ3) is 3.96. The second-order valence-electron chi connectivity index (χ2n) is 7.41. The Morgan fingerprint density at radius 3 is 2.50 bits per heavy atom. The van der Waals surface area contributed by atoms with Gasteiger partial charge < -0.3 is 15.0 Å². The van der Waals surface area contributed by atoms with Crippen molar-refractivity contribution in [2.45, 2.75) is 82.6 Å². The van der Waals surface area contributed by atoms with Gasteiger partial charge >= 0.3 is 0 Å². The first-order chi connectivity index (χ1) is 9.72. The molecule has 3 rings (SSSR count). The zero-order valence-electron chi connectivity index (χ0n) is 13.3. The lowest BCUT2D eigenvalue weighted by molar-refractivity contribution is 0.0108. The van der Waals surface area contributed by atoms with Crippen LogP contribution in [-0.4, -0.2) is 49.3 Å². The number of rotatable bonds is 6. The molecule has 3 nitrogen and oxygen atoms in total.